The van der Waals surface area contributed by atoms with E-state index < -0.39 is 28.0 Å². The number of aromatic nitrogens is 2. The minimum absolute atomic E-state index is 0.0513. The predicted molar refractivity (Wildman–Crippen MR) is 150 cm³/mol. The van der Waals surface area contributed by atoms with Crippen LogP contribution < -0.4 is 20.0 Å². The molecule has 0 saturated carbocycles. The van der Waals surface area contributed by atoms with E-state index in [9.17, 15) is 18.0 Å². The van der Waals surface area contributed by atoms with Gasteiger partial charge in [-0.25, -0.2) is 22.8 Å². The largest absolute Gasteiger partial charge is 0.494 e. The standard InChI is InChI=1S/C28H29N5O5S/c1-4-38-24-17-15-22(16-18-24)19-29-30-26(34)20-32(39(36,37)25-13-9-6-10-14-25)27-21(2)31(3)33(28(27)35)23-11-7-5-8-12-23/h5-19H,4,20H2,1-3H3,(H,30,34)/b29-19-. The number of nitrogens with one attached hydrogen (secondary N) is 1. The van der Waals surface area contributed by atoms with Crippen LogP contribution in [0.5, 0.6) is 5.75 Å². The molecule has 39 heavy (non-hydrogen) atoms. The van der Waals surface area contributed by atoms with Gasteiger partial charge in [0.25, 0.3) is 21.5 Å². The Morgan fingerprint density at radius 2 is 1.62 bits per heavy atom. The fraction of sp³-hybridized carbons (Fsp3) is 0.179. The summed E-state index contributed by atoms with van der Waals surface area (Å²) in [5.74, 6) is -0.00885. The van der Waals surface area contributed by atoms with E-state index >= 15 is 0 Å². The Kier molecular flexibility index (Phi) is 8.30. The second kappa shape index (κ2) is 11.8. The third-order valence-electron chi connectivity index (χ3n) is 5.99. The molecular formula is C28H29N5O5S. The number of carbonyl (C=O) groups is 1. The molecule has 0 aliphatic heterocycles. The SMILES string of the molecule is CCOc1ccc(/C=N\NC(=O)CN(c2c(C)n(C)n(-c3ccccc3)c2=O)S(=O)(=O)c2ccccc2)cc1. The second-order valence-corrected chi connectivity index (χ2v) is 10.4. The number of anilines is 1. The normalized spacial score (nSPS) is 11.5. The molecule has 0 aliphatic rings. The Hall–Kier alpha value is -4.64. The Labute approximate surface area is 226 Å². The number of para-hydroxylation sites is 1. The summed E-state index contributed by atoms with van der Waals surface area (Å²) in [7, 11) is -2.63. The summed E-state index contributed by atoms with van der Waals surface area (Å²) in [6.07, 6.45) is 1.43. The Morgan fingerprint density at radius 1 is 1.00 bits per heavy atom. The molecule has 0 radical (unpaired) electrons. The van der Waals surface area contributed by atoms with E-state index in [0.717, 1.165) is 4.31 Å². The van der Waals surface area contributed by atoms with E-state index in [1.165, 1.54) is 23.0 Å². The molecule has 1 N–H and O–H groups in total. The average Bonchev–Trinajstić information content (AvgIpc) is 3.16. The lowest BCUT2D eigenvalue weighted by molar-refractivity contribution is -0.119. The topological polar surface area (TPSA) is 115 Å². The molecule has 4 rings (SSSR count). The molecule has 0 bridgehead atoms. The highest BCUT2D eigenvalue weighted by Gasteiger charge is 2.33. The Morgan fingerprint density at radius 3 is 2.23 bits per heavy atom. The van der Waals surface area contributed by atoms with Crippen molar-refractivity contribution in [3.63, 3.8) is 0 Å². The average molecular weight is 548 g/mol. The molecule has 202 valence electrons. The van der Waals surface area contributed by atoms with Gasteiger partial charge in [0.15, 0.2) is 0 Å². The molecule has 0 saturated heterocycles. The van der Waals surface area contributed by atoms with Crippen molar-refractivity contribution in [2.45, 2.75) is 18.7 Å². The van der Waals surface area contributed by atoms with Gasteiger partial charge >= 0.3 is 0 Å². The monoisotopic (exact) mass is 547 g/mol. The van der Waals surface area contributed by atoms with Crippen LogP contribution in [-0.2, 0) is 21.9 Å². The van der Waals surface area contributed by atoms with Crippen LogP contribution in [0.25, 0.3) is 5.69 Å². The van der Waals surface area contributed by atoms with E-state index in [2.05, 4.69) is 10.5 Å². The lowest BCUT2D eigenvalue weighted by Crippen LogP contribution is -2.42. The van der Waals surface area contributed by atoms with Crippen LogP contribution >= 0.6 is 0 Å². The summed E-state index contributed by atoms with van der Waals surface area (Å²) >= 11 is 0. The van der Waals surface area contributed by atoms with Gasteiger partial charge in [0.1, 0.15) is 18.0 Å². The van der Waals surface area contributed by atoms with Crippen molar-refractivity contribution in [2.75, 3.05) is 17.5 Å². The molecule has 0 fully saturated rings. The van der Waals surface area contributed by atoms with E-state index in [1.807, 2.05) is 13.0 Å². The van der Waals surface area contributed by atoms with Gasteiger partial charge in [-0.3, -0.25) is 14.3 Å². The zero-order valence-electron chi connectivity index (χ0n) is 21.8. The number of rotatable bonds is 10. The number of amides is 1. The van der Waals surface area contributed by atoms with Gasteiger partial charge in [-0.1, -0.05) is 36.4 Å². The van der Waals surface area contributed by atoms with Crippen LogP contribution in [0.2, 0.25) is 0 Å². The Balaban J connectivity index is 1.67. The summed E-state index contributed by atoms with van der Waals surface area (Å²) in [5.41, 5.74) is 3.29. The van der Waals surface area contributed by atoms with Crippen LogP contribution in [0.3, 0.4) is 0 Å². The highest BCUT2D eigenvalue weighted by Crippen LogP contribution is 2.25. The predicted octanol–water partition coefficient (Wildman–Crippen LogP) is 3.23. The summed E-state index contributed by atoms with van der Waals surface area (Å²) < 4.78 is 36.7. The molecule has 11 heteroatoms. The number of benzene rings is 3. The van der Waals surface area contributed by atoms with E-state index in [4.69, 9.17) is 4.74 Å². The Bertz CT molecular complexity index is 1630. The number of nitrogens with zero attached hydrogens (tertiary/aromatic N) is 4. The molecule has 0 atom stereocenters. The van der Waals surface area contributed by atoms with Crippen molar-refractivity contribution in [1.82, 2.24) is 14.8 Å². The molecule has 0 spiro atoms. The molecule has 3 aromatic carbocycles. The molecule has 1 heterocycles. The van der Waals surface area contributed by atoms with Crippen molar-refractivity contribution in [2.24, 2.45) is 12.1 Å². The molecule has 1 amide bonds. The molecule has 10 nitrogen and oxygen atoms in total. The van der Waals surface area contributed by atoms with Gasteiger partial charge in [-0.05, 0) is 67.9 Å². The molecule has 0 aliphatic carbocycles. The maximum atomic E-state index is 13.7. The fourth-order valence-corrected chi connectivity index (χ4v) is 5.50. The molecular weight excluding hydrogens is 518 g/mol. The van der Waals surface area contributed by atoms with Crippen molar-refractivity contribution >= 4 is 27.8 Å². The highest BCUT2D eigenvalue weighted by atomic mass is 32.2. The van der Waals surface area contributed by atoms with E-state index in [1.54, 1.807) is 85.4 Å². The summed E-state index contributed by atoms with van der Waals surface area (Å²) in [4.78, 5) is 26.6. The second-order valence-electron chi connectivity index (χ2n) is 8.53. The van der Waals surface area contributed by atoms with Gasteiger partial charge < -0.3 is 4.74 Å². The first-order valence-corrected chi connectivity index (χ1v) is 13.6. The lowest BCUT2D eigenvalue weighted by Gasteiger charge is -2.22. The first-order chi connectivity index (χ1) is 18.7. The maximum absolute atomic E-state index is 13.7. The van der Waals surface area contributed by atoms with Crippen molar-refractivity contribution in [3.8, 4) is 11.4 Å². The minimum atomic E-state index is -4.29. The first-order valence-electron chi connectivity index (χ1n) is 12.2. The zero-order chi connectivity index (χ0) is 28.0. The summed E-state index contributed by atoms with van der Waals surface area (Å²) in [6.45, 7) is 3.40. The smallest absolute Gasteiger partial charge is 0.296 e. The van der Waals surface area contributed by atoms with Gasteiger partial charge in [-0.15, -0.1) is 0 Å². The van der Waals surface area contributed by atoms with Crippen LogP contribution in [0.1, 0.15) is 18.2 Å². The third-order valence-corrected chi connectivity index (χ3v) is 7.75. The van der Waals surface area contributed by atoms with E-state index in [0.29, 0.717) is 29.3 Å². The molecule has 4 aromatic rings. The zero-order valence-corrected chi connectivity index (χ0v) is 22.6. The van der Waals surface area contributed by atoms with Crippen LogP contribution in [0, 0.1) is 6.92 Å². The summed E-state index contributed by atoms with van der Waals surface area (Å²) in [6, 6.07) is 23.6. The number of hydrogen-bond donors (Lipinski definition) is 1. The van der Waals surface area contributed by atoms with Gasteiger partial charge in [0, 0.05) is 7.05 Å². The van der Waals surface area contributed by atoms with E-state index in [-0.39, 0.29) is 10.6 Å². The van der Waals surface area contributed by atoms with Gasteiger partial charge in [-0.2, -0.15) is 5.10 Å². The number of ether oxygens (including phenoxy) is 1. The first kappa shape index (κ1) is 27.4. The van der Waals surface area contributed by atoms with Crippen LogP contribution in [-0.4, -0.2) is 43.1 Å². The maximum Gasteiger partial charge on any atom is 0.296 e. The fourth-order valence-electron chi connectivity index (χ4n) is 4.01. The molecule has 1 aromatic heterocycles. The highest BCUT2D eigenvalue weighted by molar-refractivity contribution is 7.92. The van der Waals surface area contributed by atoms with Crippen LogP contribution in [0.4, 0.5) is 5.69 Å². The van der Waals surface area contributed by atoms with Gasteiger partial charge in [0.05, 0.1) is 29.1 Å². The van der Waals surface area contributed by atoms with Crippen molar-refractivity contribution in [1.29, 1.82) is 0 Å². The van der Waals surface area contributed by atoms with Crippen molar-refractivity contribution < 1.29 is 17.9 Å². The van der Waals surface area contributed by atoms with Gasteiger partial charge in [0.2, 0.25) is 0 Å². The third kappa shape index (κ3) is 5.93. The number of hydrazone groups is 1. The lowest BCUT2D eigenvalue weighted by atomic mass is 10.2. The quantitative estimate of drug-likeness (QED) is 0.242. The number of sulfonamides is 1. The molecule has 0 unspecified atom stereocenters. The van der Waals surface area contributed by atoms with Crippen molar-refractivity contribution in [3.05, 3.63) is 107 Å². The summed E-state index contributed by atoms with van der Waals surface area (Å²) in [5, 5.41) is 3.96. The number of carbonyl (C=O) groups excluding carboxylic acids is 1. The minimum Gasteiger partial charge on any atom is -0.494 e. The number of hydrogen-bond acceptors (Lipinski definition) is 6. The van der Waals surface area contributed by atoms with Crippen LogP contribution in [0.15, 0.2) is 99.7 Å².